The molecule has 0 aliphatic carbocycles. The van der Waals surface area contributed by atoms with Gasteiger partial charge in [0, 0.05) is 19.7 Å². The highest BCUT2D eigenvalue weighted by Crippen LogP contribution is 2.23. The lowest BCUT2D eigenvalue weighted by Crippen LogP contribution is -2.33. The summed E-state index contributed by atoms with van der Waals surface area (Å²) in [6.45, 7) is 10.7. The van der Waals surface area contributed by atoms with E-state index in [1.165, 1.54) is 6.42 Å². The number of β-amino-alcohol motifs (C(OH)–C–C–N with tert-alkyl or cyclic N) is 1. The lowest BCUT2D eigenvalue weighted by Gasteiger charge is -2.20. The van der Waals surface area contributed by atoms with Gasteiger partial charge < -0.3 is 14.7 Å². The summed E-state index contributed by atoms with van der Waals surface area (Å²) < 4.78 is 5.20. The van der Waals surface area contributed by atoms with Crippen LogP contribution in [-0.4, -0.2) is 49.0 Å². The number of likely N-dealkylation sites (tertiary alicyclic amines) is 1. The van der Waals surface area contributed by atoms with E-state index in [1.54, 1.807) is 0 Å². The van der Waals surface area contributed by atoms with Gasteiger partial charge in [0.25, 0.3) is 0 Å². The lowest BCUT2D eigenvalue weighted by molar-refractivity contribution is 0.0243. The zero-order chi connectivity index (χ0) is 11.3. The van der Waals surface area contributed by atoms with Gasteiger partial charge in [0.1, 0.15) is 0 Å². The first-order valence-electron chi connectivity index (χ1n) is 6.11. The second kappa shape index (κ2) is 6.46. The van der Waals surface area contributed by atoms with Gasteiger partial charge in [-0.25, -0.2) is 0 Å². The third-order valence-corrected chi connectivity index (χ3v) is 3.23. The van der Waals surface area contributed by atoms with Gasteiger partial charge >= 0.3 is 0 Å². The van der Waals surface area contributed by atoms with Gasteiger partial charge in [0.2, 0.25) is 0 Å². The monoisotopic (exact) mass is 215 g/mol. The average Bonchev–Trinajstić information content (AvgIpc) is 2.63. The first-order chi connectivity index (χ1) is 7.13. The quantitative estimate of drug-likeness (QED) is 0.726. The molecule has 1 heterocycles. The summed E-state index contributed by atoms with van der Waals surface area (Å²) in [5, 5.41) is 9.70. The fourth-order valence-electron chi connectivity index (χ4n) is 2.18. The Labute approximate surface area is 93.4 Å². The van der Waals surface area contributed by atoms with Gasteiger partial charge in [0.05, 0.1) is 12.7 Å². The number of hydrogen-bond acceptors (Lipinski definition) is 3. The summed E-state index contributed by atoms with van der Waals surface area (Å²) in [6.07, 6.45) is 0.954. The molecule has 90 valence electrons. The van der Waals surface area contributed by atoms with E-state index in [0.717, 1.165) is 31.5 Å². The van der Waals surface area contributed by atoms with E-state index in [0.29, 0.717) is 13.2 Å². The van der Waals surface area contributed by atoms with Crippen LogP contribution < -0.4 is 0 Å². The second-order valence-corrected chi connectivity index (χ2v) is 4.87. The molecule has 0 aromatic heterocycles. The normalized spacial score (nSPS) is 25.0. The molecule has 3 heteroatoms. The number of rotatable bonds is 6. The van der Waals surface area contributed by atoms with E-state index in [9.17, 15) is 5.11 Å². The average molecular weight is 215 g/mol. The third kappa shape index (κ3) is 4.49. The molecule has 1 aliphatic heterocycles. The Morgan fingerprint density at radius 3 is 2.73 bits per heavy atom. The fourth-order valence-corrected chi connectivity index (χ4v) is 2.18. The van der Waals surface area contributed by atoms with E-state index in [-0.39, 0.29) is 6.10 Å². The van der Waals surface area contributed by atoms with Crippen LogP contribution in [0, 0.1) is 11.8 Å². The van der Waals surface area contributed by atoms with Crippen molar-refractivity contribution in [3.63, 3.8) is 0 Å². The van der Waals surface area contributed by atoms with Crippen molar-refractivity contribution in [2.45, 2.75) is 33.3 Å². The Hall–Kier alpha value is -0.120. The first-order valence-corrected chi connectivity index (χ1v) is 6.11. The summed E-state index contributed by atoms with van der Waals surface area (Å²) in [4.78, 5) is 2.36. The molecule has 0 spiro atoms. The second-order valence-electron chi connectivity index (χ2n) is 4.87. The molecule has 1 aliphatic rings. The van der Waals surface area contributed by atoms with Crippen molar-refractivity contribution in [2.75, 3.05) is 32.8 Å². The van der Waals surface area contributed by atoms with Gasteiger partial charge in [-0.15, -0.1) is 0 Å². The van der Waals surface area contributed by atoms with Crippen LogP contribution in [-0.2, 0) is 4.74 Å². The molecule has 1 fully saturated rings. The van der Waals surface area contributed by atoms with Crippen LogP contribution >= 0.6 is 0 Å². The minimum absolute atomic E-state index is 0.323. The molecule has 15 heavy (non-hydrogen) atoms. The van der Waals surface area contributed by atoms with E-state index < -0.39 is 0 Å². The molecule has 0 radical (unpaired) electrons. The van der Waals surface area contributed by atoms with Crippen LogP contribution in [0.25, 0.3) is 0 Å². The van der Waals surface area contributed by atoms with Crippen LogP contribution in [0.15, 0.2) is 0 Å². The molecule has 0 aromatic rings. The number of hydrogen-bond donors (Lipinski definition) is 1. The summed E-state index contributed by atoms with van der Waals surface area (Å²) in [5.41, 5.74) is 0. The maximum Gasteiger partial charge on any atom is 0.0900 e. The maximum atomic E-state index is 9.70. The van der Waals surface area contributed by atoms with E-state index >= 15 is 0 Å². The lowest BCUT2D eigenvalue weighted by atomic mass is 9.95. The van der Waals surface area contributed by atoms with Crippen LogP contribution in [0.4, 0.5) is 0 Å². The highest BCUT2D eigenvalue weighted by molar-refractivity contribution is 4.79. The number of nitrogens with zero attached hydrogens (tertiary/aromatic N) is 1. The van der Waals surface area contributed by atoms with Crippen LogP contribution in [0.3, 0.4) is 0 Å². The number of ether oxygens (including phenoxy) is 1. The molecule has 1 saturated heterocycles. The summed E-state index contributed by atoms with van der Waals surface area (Å²) in [7, 11) is 0. The van der Waals surface area contributed by atoms with Crippen molar-refractivity contribution in [3.05, 3.63) is 0 Å². The van der Waals surface area contributed by atoms with Gasteiger partial charge in [-0.2, -0.15) is 0 Å². The Kier molecular flexibility index (Phi) is 5.58. The summed E-state index contributed by atoms with van der Waals surface area (Å²) in [6, 6.07) is 0. The number of aliphatic hydroxyl groups excluding tert-OH is 1. The van der Waals surface area contributed by atoms with Crippen molar-refractivity contribution in [1.82, 2.24) is 4.90 Å². The SMILES string of the molecule is CCOCC(O)CN1CCC(C(C)C)C1. The topological polar surface area (TPSA) is 32.7 Å². The molecule has 0 saturated carbocycles. The highest BCUT2D eigenvalue weighted by Gasteiger charge is 2.25. The Morgan fingerprint density at radius 2 is 2.20 bits per heavy atom. The van der Waals surface area contributed by atoms with Crippen molar-refractivity contribution in [1.29, 1.82) is 0 Å². The fraction of sp³-hybridized carbons (Fsp3) is 1.00. The minimum Gasteiger partial charge on any atom is -0.389 e. The third-order valence-electron chi connectivity index (χ3n) is 3.23. The summed E-state index contributed by atoms with van der Waals surface area (Å²) in [5.74, 6) is 1.57. The molecule has 2 unspecified atom stereocenters. The van der Waals surface area contributed by atoms with E-state index in [2.05, 4.69) is 18.7 Å². The molecule has 0 bridgehead atoms. The van der Waals surface area contributed by atoms with Gasteiger partial charge in [-0.1, -0.05) is 13.8 Å². The van der Waals surface area contributed by atoms with Gasteiger partial charge in [0.15, 0.2) is 0 Å². The Bertz CT molecular complexity index is 173. The minimum atomic E-state index is -0.323. The van der Waals surface area contributed by atoms with Crippen LogP contribution in [0.5, 0.6) is 0 Å². The molecular formula is C12H25NO2. The molecule has 2 atom stereocenters. The van der Waals surface area contributed by atoms with Gasteiger partial charge in [-0.3, -0.25) is 0 Å². The smallest absolute Gasteiger partial charge is 0.0900 e. The summed E-state index contributed by atoms with van der Waals surface area (Å²) >= 11 is 0. The molecule has 3 nitrogen and oxygen atoms in total. The molecule has 1 rings (SSSR count). The maximum absolute atomic E-state index is 9.70. The van der Waals surface area contributed by atoms with E-state index in [1.807, 2.05) is 6.92 Å². The molecule has 1 N–H and O–H groups in total. The molecule has 0 amide bonds. The molecular weight excluding hydrogens is 190 g/mol. The van der Waals surface area contributed by atoms with E-state index in [4.69, 9.17) is 4.74 Å². The van der Waals surface area contributed by atoms with Gasteiger partial charge in [-0.05, 0) is 31.7 Å². The van der Waals surface area contributed by atoms with Crippen molar-refractivity contribution >= 4 is 0 Å². The first kappa shape index (κ1) is 12.9. The molecule has 0 aromatic carbocycles. The predicted molar refractivity (Wildman–Crippen MR) is 61.9 cm³/mol. The zero-order valence-corrected chi connectivity index (χ0v) is 10.3. The zero-order valence-electron chi connectivity index (χ0n) is 10.3. The standard InChI is InChI=1S/C12H25NO2/c1-4-15-9-12(14)8-13-6-5-11(7-13)10(2)3/h10-12,14H,4-9H2,1-3H3. The van der Waals surface area contributed by atoms with Crippen molar-refractivity contribution in [3.8, 4) is 0 Å². The van der Waals surface area contributed by atoms with Crippen LogP contribution in [0.1, 0.15) is 27.2 Å². The Balaban J connectivity index is 2.17. The number of aliphatic hydroxyl groups is 1. The van der Waals surface area contributed by atoms with Crippen molar-refractivity contribution in [2.24, 2.45) is 11.8 Å². The predicted octanol–water partition coefficient (Wildman–Crippen LogP) is 1.36. The Morgan fingerprint density at radius 1 is 1.47 bits per heavy atom. The van der Waals surface area contributed by atoms with Crippen LogP contribution in [0.2, 0.25) is 0 Å². The largest absolute Gasteiger partial charge is 0.389 e. The van der Waals surface area contributed by atoms with Crippen molar-refractivity contribution < 1.29 is 9.84 Å². The highest BCUT2D eigenvalue weighted by atomic mass is 16.5.